The predicted molar refractivity (Wildman–Crippen MR) is 74.8 cm³/mol. The number of rotatable bonds is 7. The van der Waals surface area contributed by atoms with Gasteiger partial charge in [0.2, 0.25) is 0 Å². The van der Waals surface area contributed by atoms with E-state index in [4.69, 9.17) is 5.73 Å². The highest BCUT2D eigenvalue weighted by Gasteiger charge is 2.12. The van der Waals surface area contributed by atoms with Crippen LogP contribution in [0.25, 0.3) is 0 Å². The molecule has 0 spiro atoms. The molecule has 0 bridgehead atoms. The van der Waals surface area contributed by atoms with Crippen LogP contribution in [0.1, 0.15) is 42.3 Å². The first kappa shape index (κ1) is 13.8. The summed E-state index contributed by atoms with van der Waals surface area (Å²) in [5.74, 6) is -0.119. The molecule has 0 aliphatic heterocycles. The maximum atomic E-state index is 11.5. The number of amides is 1. The van der Waals surface area contributed by atoms with Crippen molar-refractivity contribution in [2.24, 2.45) is 0 Å². The smallest absolute Gasteiger partial charge is 0.263 e. The first-order valence-electron chi connectivity index (χ1n) is 6.04. The highest BCUT2D eigenvalue weighted by Crippen LogP contribution is 2.28. The second-order valence-corrected chi connectivity index (χ2v) is 5.01. The number of carbonyl (C=O) groups is 1. The van der Waals surface area contributed by atoms with Crippen molar-refractivity contribution < 1.29 is 4.79 Å². The lowest BCUT2D eigenvalue weighted by Gasteiger charge is -2.02. The fourth-order valence-corrected chi connectivity index (χ4v) is 2.50. The molecule has 0 fully saturated rings. The number of anilines is 2. The van der Waals surface area contributed by atoms with Crippen molar-refractivity contribution in [2.75, 3.05) is 24.6 Å². The molecular weight excluding hydrogens is 234 g/mol. The Morgan fingerprint density at radius 1 is 1.41 bits per heavy atom. The number of nitrogens with one attached hydrogen (secondary N) is 2. The van der Waals surface area contributed by atoms with Crippen molar-refractivity contribution >= 4 is 27.9 Å². The molecule has 17 heavy (non-hydrogen) atoms. The zero-order chi connectivity index (χ0) is 12.7. The normalized spacial score (nSPS) is 10.2. The third-order valence-electron chi connectivity index (χ3n) is 2.52. The molecule has 0 atom stereocenters. The van der Waals surface area contributed by atoms with Gasteiger partial charge >= 0.3 is 0 Å². The molecule has 0 radical (unpaired) electrons. The van der Waals surface area contributed by atoms with Gasteiger partial charge in [0.1, 0.15) is 4.88 Å². The van der Waals surface area contributed by atoms with Gasteiger partial charge in [-0.3, -0.25) is 4.79 Å². The van der Waals surface area contributed by atoms with Gasteiger partial charge in [-0.1, -0.05) is 26.2 Å². The summed E-state index contributed by atoms with van der Waals surface area (Å²) < 4.78 is 0. The summed E-state index contributed by atoms with van der Waals surface area (Å²) in [6.45, 7) is 3.14. The first-order chi connectivity index (χ1) is 8.19. The zero-order valence-corrected chi connectivity index (χ0v) is 11.3. The summed E-state index contributed by atoms with van der Waals surface area (Å²) in [7, 11) is 1.61. The van der Waals surface area contributed by atoms with E-state index in [-0.39, 0.29) is 5.91 Å². The van der Waals surface area contributed by atoms with Crippen molar-refractivity contribution in [3.05, 3.63) is 10.9 Å². The van der Waals surface area contributed by atoms with Crippen LogP contribution in [0.3, 0.4) is 0 Å². The van der Waals surface area contributed by atoms with E-state index < -0.39 is 0 Å². The topological polar surface area (TPSA) is 67.1 Å². The maximum Gasteiger partial charge on any atom is 0.263 e. The van der Waals surface area contributed by atoms with Crippen molar-refractivity contribution in [3.63, 3.8) is 0 Å². The molecule has 1 amide bonds. The summed E-state index contributed by atoms with van der Waals surface area (Å²) in [6.07, 6.45) is 4.91. The Bertz CT molecular complexity index is 363. The molecule has 0 saturated heterocycles. The van der Waals surface area contributed by atoms with Gasteiger partial charge in [-0.15, -0.1) is 11.3 Å². The highest BCUT2D eigenvalue weighted by molar-refractivity contribution is 7.18. The average molecular weight is 255 g/mol. The quantitative estimate of drug-likeness (QED) is 0.656. The third kappa shape index (κ3) is 4.26. The van der Waals surface area contributed by atoms with Gasteiger partial charge in [0.05, 0.1) is 10.7 Å². The lowest BCUT2D eigenvalue weighted by Crippen LogP contribution is -2.17. The standard InChI is InChI=1S/C12H21N3OS/c1-3-4-5-6-7-15-10-8-9(13)11(17-10)12(16)14-2/h8,15H,3-7,13H2,1-2H3,(H,14,16). The second kappa shape index (κ2) is 7.17. The Hall–Kier alpha value is -1.23. The van der Waals surface area contributed by atoms with Gasteiger partial charge in [-0.2, -0.15) is 0 Å². The van der Waals surface area contributed by atoms with E-state index in [0.29, 0.717) is 10.6 Å². The lowest BCUT2D eigenvalue weighted by atomic mass is 10.2. The van der Waals surface area contributed by atoms with Crippen LogP contribution in [0.4, 0.5) is 10.7 Å². The van der Waals surface area contributed by atoms with Gasteiger partial charge in [0.25, 0.3) is 5.91 Å². The lowest BCUT2D eigenvalue weighted by molar-refractivity contribution is 0.0968. The van der Waals surface area contributed by atoms with Crippen LogP contribution in [-0.2, 0) is 0 Å². The summed E-state index contributed by atoms with van der Waals surface area (Å²) in [5.41, 5.74) is 6.33. The Morgan fingerprint density at radius 3 is 2.82 bits per heavy atom. The Morgan fingerprint density at radius 2 is 2.18 bits per heavy atom. The molecule has 0 aliphatic rings. The molecule has 4 nitrogen and oxygen atoms in total. The average Bonchev–Trinajstić information content (AvgIpc) is 2.69. The van der Waals surface area contributed by atoms with Gasteiger partial charge in [-0.05, 0) is 12.5 Å². The SMILES string of the molecule is CCCCCCNc1cc(N)c(C(=O)NC)s1. The Labute approximate surface area is 107 Å². The minimum absolute atomic E-state index is 0.119. The summed E-state index contributed by atoms with van der Waals surface area (Å²) in [5, 5.41) is 6.86. The minimum atomic E-state index is -0.119. The van der Waals surface area contributed by atoms with Gasteiger partial charge in [0.15, 0.2) is 0 Å². The van der Waals surface area contributed by atoms with Crippen molar-refractivity contribution in [1.82, 2.24) is 5.32 Å². The fraction of sp³-hybridized carbons (Fsp3) is 0.583. The van der Waals surface area contributed by atoms with E-state index in [9.17, 15) is 4.79 Å². The van der Waals surface area contributed by atoms with Crippen LogP contribution >= 0.6 is 11.3 Å². The summed E-state index contributed by atoms with van der Waals surface area (Å²) in [4.78, 5) is 12.0. The zero-order valence-electron chi connectivity index (χ0n) is 10.5. The van der Waals surface area contributed by atoms with E-state index in [1.165, 1.54) is 30.6 Å². The molecule has 1 aromatic heterocycles. The van der Waals surface area contributed by atoms with Crippen LogP contribution in [-0.4, -0.2) is 19.5 Å². The molecule has 0 unspecified atom stereocenters. The summed E-state index contributed by atoms with van der Waals surface area (Å²) in [6, 6.07) is 1.83. The molecule has 1 aromatic rings. The Balaban J connectivity index is 2.42. The van der Waals surface area contributed by atoms with Crippen LogP contribution in [0.2, 0.25) is 0 Å². The summed E-state index contributed by atoms with van der Waals surface area (Å²) >= 11 is 1.41. The van der Waals surface area contributed by atoms with Gasteiger partial charge in [0, 0.05) is 13.6 Å². The Kier molecular flexibility index (Phi) is 5.83. The van der Waals surface area contributed by atoms with Crippen LogP contribution < -0.4 is 16.4 Å². The van der Waals surface area contributed by atoms with E-state index >= 15 is 0 Å². The van der Waals surface area contributed by atoms with E-state index in [1.54, 1.807) is 7.05 Å². The number of hydrogen-bond donors (Lipinski definition) is 3. The molecule has 96 valence electrons. The predicted octanol–water partition coefficient (Wildman–Crippen LogP) is 2.68. The molecule has 0 aromatic carbocycles. The largest absolute Gasteiger partial charge is 0.397 e. The van der Waals surface area contributed by atoms with Crippen molar-refractivity contribution in [3.8, 4) is 0 Å². The number of nitrogen functional groups attached to an aromatic ring is 1. The molecule has 1 heterocycles. The molecular formula is C12H21N3OS. The van der Waals surface area contributed by atoms with E-state index in [2.05, 4.69) is 17.6 Å². The monoisotopic (exact) mass is 255 g/mol. The van der Waals surface area contributed by atoms with E-state index in [1.807, 2.05) is 6.07 Å². The van der Waals surface area contributed by atoms with Crippen molar-refractivity contribution in [2.45, 2.75) is 32.6 Å². The second-order valence-electron chi connectivity index (χ2n) is 3.96. The van der Waals surface area contributed by atoms with Crippen LogP contribution in [0.5, 0.6) is 0 Å². The molecule has 1 rings (SSSR count). The van der Waals surface area contributed by atoms with Gasteiger partial charge < -0.3 is 16.4 Å². The first-order valence-corrected chi connectivity index (χ1v) is 6.86. The van der Waals surface area contributed by atoms with Crippen LogP contribution in [0, 0.1) is 0 Å². The van der Waals surface area contributed by atoms with Crippen molar-refractivity contribution in [1.29, 1.82) is 0 Å². The number of unbranched alkanes of at least 4 members (excludes halogenated alkanes) is 3. The van der Waals surface area contributed by atoms with E-state index in [0.717, 1.165) is 18.0 Å². The number of thiophene rings is 1. The molecule has 4 N–H and O–H groups in total. The van der Waals surface area contributed by atoms with Crippen LogP contribution in [0.15, 0.2) is 6.07 Å². The number of carbonyl (C=O) groups excluding carboxylic acids is 1. The highest BCUT2D eigenvalue weighted by atomic mass is 32.1. The molecule has 0 saturated carbocycles. The fourth-order valence-electron chi connectivity index (χ4n) is 1.55. The number of hydrogen-bond acceptors (Lipinski definition) is 4. The maximum absolute atomic E-state index is 11.5. The molecule has 5 heteroatoms. The minimum Gasteiger partial charge on any atom is -0.397 e. The van der Waals surface area contributed by atoms with Gasteiger partial charge in [-0.25, -0.2) is 0 Å². The molecule has 0 aliphatic carbocycles. The third-order valence-corrected chi connectivity index (χ3v) is 3.63. The number of nitrogens with two attached hydrogens (primary N) is 1.